The molecule has 2 aliphatic heterocycles. The van der Waals surface area contributed by atoms with Gasteiger partial charge < -0.3 is 10.2 Å². The Morgan fingerprint density at radius 1 is 1.00 bits per heavy atom. The standard InChI is InChI=1S/C14H24N2O/c1-13(2-3-13)12(17)16-10-6-14(7-11-16)4-8-15-9-5-14/h15H,2-11H2,1H3. The summed E-state index contributed by atoms with van der Waals surface area (Å²) in [4.78, 5) is 14.4. The zero-order chi connectivity index (χ0) is 11.9. The smallest absolute Gasteiger partial charge is 0.228 e. The molecule has 0 radical (unpaired) electrons. The van der Waals surface area contributed by atoms with Gasteiger partial charge in [-0.15, -0.1) is 0 Å². The Bertz CT molecular complexity index is 306. The molecule has 2 saturated heterocycles. The predicted molar refractivity (Wildman–Crippen MR) is 67.7 cm³/mol. The number of hydrogen-bond donors (Lipinski definition) is 1. The number of rotatable bonds is 1. The van der Waals surface area contributed by atoms with Crippen LogP contribution in [0.15, 0.2) is 0 Å². The average molecular weight is 236 g/mol. The molecule has 0 unspecified atom stereocenters. The molecule has 0 aromatic heterocycles. The molecule has 1 amide bonds. The van der Waals surface area contributed by atoms with E-state index < -0.39 is 0 Å². The van der Waals surface area contributed by atoms with Crippen LogP contribution in [-0.4, -0.2) is 37.0 Å². The lowest BCUT2D eigenvalue weighted by molar-refractivity contribution is -0.139. The molecule has 3 fully saturated rings. The van der Waals surface area contributed by atoms with Gasteiger partial charge in [-0.05, 0) is 57.0 Å². The normalized spacial score (nSPS) is 30.3. The van der Waals surface area contributed by atoms with Crippen LogP contribution < -0.4 is 5.32 Å². The number of amides is 1. The number of hydrogen-bond acceptors (Lipinski definition) is 2. The lowest BCUT2D eigenvalue weighted by Gasteiger charge is -2.45. The Hall–Kier alpha value is -0.570. The quantitative estimate of drug-likeness (QED) is 0.752. The van der Waals surface area contributed by atoms with E-state index in [9.17, 15) is 4.79 Å². The van der Waals surface area contributed by atoms with Gasteiger partial charge in [0.25, 0.3) is 0 Å². The average Bonchev–Trinajstić information content (AvgIpc) is 3.10. The summed E-state index contributed by atoms with van der Waals surface area (Å²) in [5.41, 5.74) is 0.588. The van der Waals surface area contributed by atoms with Gasteiger partial charge in [0.05, 0.1) is 0 Å². The lowest BCUT2D eigenvalue weighted by atomic mass is 9.71. The van der Waals surface area contributed by atoms with Crippen molar-refractivity contribution in [3.8, 4) is 0 Å². The Balaban J connectivity index is 1.58. The molecule has 0 atom stereocenters. The summed E-state index contributed by atoms with van der Waals surface area (Å²) >= 11 is 0. The van der Waals surface area contributed by atoms with Gasteiger partial charge >= 0.3 is 0 Å². The molecule has 3 nitrogen and oxygen atoms in total. The minimum Gasteiger partial charge on any atom is -0.342 e. The van der Waals surface area contributed by atoms with E-state index >= 15 is 0 Å². The molecular formula is C14H24N2O. The number of nitrogens with one attached hydrogen (secondary N) is 1. The zero-order valence-corrected chi connectivity index (χ0v) is 10.9. The highest BCUT2D eigenvalue weighted by Crippen LogP contribution is 2.48. The van der Waals surface area contributed by atoms with Crippen LogP contribution in [0.25, 0.3) is 0 Å². The number of likely N-dealkylation sites (tertiary alicyclic amines) is 1. The van der Waals surface area contributed by atoms with Crippen molar-refractivity contribution in [1.82, 2.24) is 10.2 Å². The summed E-state index contributed by atoms with van der Waals surface area (Å²) in [6.07, 6.45) is 7.31. The second-order valence-electron chi connectivity index (χ2n) is 6.60. The molecule has 3 aliphatic rings. The molecule has 17 heavy (non-hydrogen) atoms. The van der Waals surface area contributed by atoms with Crippen molar-refractivity contribution in [2.24, 2.45) is 10.8 Å². The summed E-state index contributed by atoms with van der Waals surface area (Å²) in [5.74, 6) is 0.432. The van der Waals surface area contributed by atoms with Gasteiger partial charge in [-0.2, -0.15) is 0 Å². The first-order valence-corrected chi connectivity index (χ1v) is 7.14. The van der Waals surface area contributed by atoms with Crippen molar-refractivity contribution in [3.05, 3.63) is 0 Å². The fourth-order valence-electron chi connectivity index (χ4n) is 3.42. The third kappa shape index (κ3) is 2.10. The van der Waals surface area contributed by atoms with E-state index in [1.165, 1.54) is 38.8 Å². The van der Waals surface area contributed by atoms with Gasteiger partial charge in [0, 0.05) is 18.5 Å². The zero-order valence-electron chi connectivity index (χ0n) is 10.9. The van der Waals surface area contributed by atoms with Gasteiger partial charge in [0.2, 0.25) is 5.91 Å². The maximum Gasteiger partial charge on any atom is 0.228 e. The van der Waals surface area contributed by atoms with Crippen molar-refractivity contribution >= 4 is 5.91 Å². The van der Waals surface area contributed by atoms with Gasteiger partial charge in [-0.3, -0.25) is 4.79 Å². The first-order chi connectivity index (χ1) is 8.14. The van der Waals surface area contributed by atoms with Crippen LogP contribution in [0.4, 0.5) is 0 Å². The molecule has 1 N–H and O–H groups in total. The highest BCUT2D eigenvalue weighted by atomic mass is 16.2. The molecule has 2 heterocycles. The topological polar surface area (TPSA) is 32.3 Å². The molecular weight excluding hydrogens is 212 g/mol. The van der Waals surface area contributed by atoms with Crippen molar-refractivity contribution in [2.75, 3.05) is 26.2 Å². The van der Waals surface area contributed by atoms with Crippen LogP contribution in [0.1, 0.15) is 45.4 Å². The molecule has 3 rings (SSSR count). The Morgan fingerprint density at radius 2 is 1.59 bits per heavy atom. The van der Waals surface area contributed by atoms with Crippen molar-refractivity contribution in [1.29, 1.82) is 0 Å². The number of nitrogens with zero attached hydrogens (tertiary/aromatic N) is 1. The van der Waals surface area contributed by atoms with Gasteiger partial charge in [0.15, 0.2) is 0 Å². The largest absolute Gasteiger partial charge is 0.342 e. The van der Waals surface area contributed by atoms with E-state index in [0.29, 0.717) is 11.3 Å². The van der Waals surface area contributed by atoms with Crippen molar-refractivity contribution < 1.29 is 4.79 Å². The number of carbonyl (C=O) groups is 1. The van der Waals surface area contributed by atoms with Gasteiger partial charge in [-0.25, -0.2) is 0 Å². The van der Waals surface area contributed by atoms with Crippen LogP contribution in [0.5, 0.6) is 0 Å². The predicted octanol–water partition coefficient (Wildman–Crippen LogP) is 1.78. The Labute approximate surface area is 104 Å². The summed E-state index contributed by atoms with van der Waals surface area (Å²) in [6, 6.07) is 0. The van der Waals surface area contributed by atoms with Gasteiger partial charge in [-0.1, -0.05) is 6.92 Å². The lowest BCUT2D eigenvalue weighted by Crippen LogP contribution is -2.48. The molecule has 1 saturated carbocycles. The molecule has 0 bridgehead atoms. The SMILES string of the molecule is CC1(C(=O)N2CCC3(CCNCC3)CC2)CC1. The molecule has 1 aliphatic carbocycles. The number of piperidine rings is 2. The van der Waals surface area contributed by atoms with E-state index in [1.54, 1.807) is 0 Å². The molecule has 1 spiro atoms. The van der Waals surface area contributed by atoms with Crippen LogP contribution >= 0.6 is 0 Å². The van der Waals surface area contributed by atoms with E-state index in [-0.39, 0.29) is 5.41 Å². The first kappa shape index (κ1) is 11.5. The molecule has 3 heteroatoms. The summed E-state index contributed by atoms with van der Waals surface area (Å²) in [6.45, 7) is 6.49. The van der Waals surface area contributed by atoms with E-state index in [4.69, 9.17) is 0 Å². The van der Waals surface area contributed by atoms with Crippen LogP contribution in [0, 0.1) is 10.8 Å². The summed E-state index contributed by atoms with van der Waals surface area (Å²) in [5, 5.41) is 3.44. The van der Waals surface area contributed by atoms with E-state index in [1.807, 2.05) is 0 Å². The van der Waals surface area contributed by atoms with Crippen molar-refractivity contribution in [2.45, 2.75) is 45.4 Å². The highest BCUT2D eigenvalue weighted by molar-refractivity contribution is 5.85. The first-order valence-electron chi connectivity index (χ1n) is 7.14. The third-order valence-corrected chi connectivity index (χ3v) is 5.29. The Kier molecular flexibility index (Phi) is 2.69. The van der Waals surface area contributed by atoms with E-state index in [2.05, 4.69) is 17.1 Å². The number of carbonyl (C=O) groups excluding carboxylic acids is 1. The minimum atomic E-state index is 0.0264. The second-order valence-corrected chi connectivity index (χ2v) is 6.60. The van der Waals surface area contributed by atoms with Crippen LogP contribution in [0.2, 0.25) is 0 Å². The molecule has 0 aromatic rings. The minimum absolute atomic E-state index is 0.0264. The fraction of sp³-hybridized carbons (Fsp3) is 0.929. The molecule has 96 valence electrons. The summed E-state index contributed by atoms with van der Waals surface area (Å²) < 4.78 is 0. The van der Waals surface area contributed by atoms with E-state index in [0.717, 1.165) is 25.9 Å². The van der Waals surface area contributed by atoms with Gasteiger partial charge in [0.1, 0.15) is 0 Å². The van der Waals surface area contributed by atoms with Crippen molar-refractivity contribution in [3.63, 3.8) is 0 Å². The Morgan fingerprint density at radius 3 is 2.12 bits per heavy atom. The summed E-state index contributed by atoms with van der Waals surface area (Å²) in [7, 11) is 0. The highest BCUT2D eigenvalue weighted by Gasteiger charge is 2.48. The fourth-order valence-corrected chi connectivity index (χ4v) is 3.42. The molecule has 0 aromatic carbocycles. The maximum atomic E-state index is 12.3. The third-order valence-electron chi connectivity index (χ3n) is 5.29. The second kappa shape index (κ2) is 3.98. The monoisotopic (exact) mass is 236 g/mol. The maximum absolute atomic E-state index is 12.3. The van der Waals surface area contributed by atoms with Crippen LogP contribution in [0.3, 0.4) is 0 Å². The van der Waals surface area contributed by atoms with Crippen LogP contribution in [-0.2, 0) is 4.79 Å².